The van der Waals surface area contributed by atoms with Gasteiger partial charge in [0.1, 0.15) is 11.5 Å². The molecule has 6 rings (SSSR count). The lowest BCUT2D eigenvalue weighted by molar-refractivity contribution is 0.329. The smallest absolute Gasteiger partial charge is 0.230 e. The van der Waals surface area contributed by atoms with Gasteiger partial charge in [-0.3, -0.25) is 10.1 Å². The quantitative estimate of drug-likeness (QED) is 0.456. The summed E-state index contributed by atoms with van der Waals surface area (Å²) in [6.45, 7) is 1.76. The van der Waals surface area contributed by atoms with Crippen LogP contribution in [0.5, 0.6) is 0 Å². The summed E-state index contributed by atoms with van der Waals surface area (Å²) in [5, 5.41) is 12.9. The predicted molar refractivity (Wildman–Crippen MR) is 121 cm³/mol. The summed E-state index contributed by atoms with van der Waals surface area (Å²) in [4.78, 5) is 15.7. The molecule has 1 aromatic carbocycles. The van der Waals surface area contributed by atoms with E-state index in [9.17, 15) is 0 Å². The Morgan fingerprint density at radius 3 is 2.75 bits per heavy atom. The van der Waals surface area contributed by atoms with Gasteiger partial charge in [0.05, 0.1) is 5.52 Å². The number of benzene rings is 1. The molecule has 32 heavy (non-hydrogen) atoms. The molecule has 1 fully saturated rings. The minimum absolute atomic E-state index is 0.252. The zero-order valence-electron chi connectivity index (χ0n) is 17.3. The normalized spacial score (nSPS) is 14.8. The van der Waals surface area contributed by atoms with Crippen molar-refractivity contribution in [2.24, 2.45) is 0 Å². The number of anilines is 1. The van der Waals surface area contributed by atoms with Crippen molar-refractivity contribution in [2.45, 2.75) is 18.8 Å². The molecular weight excluding hydrogens is 402 g/mol. The minimum atomic E-state index is 0.252. The van der Waals surface area contributed by atoms with E-state index in [0.717, 1.165) is 59.5 Å². The molecule has 1 aliphatic rings. The number of aromatic nitrogens is 6. The molecule has 0 spiro atoms. The molecule has 5 aromatic rings. The Morgan fingerprint density at radius 2 is 1.88 bits per heavy atom. The lowest BCUT2D eigenvalue weighted by Crippen LogP contribution is -2.33. The van der Waals surface area contributed by atoms with E-state index in [4.69, 9.17) is 4.52 Å². The summed E-state index contributed by atoms with van der Waals surface area (Å²) >= 11 is 0. The second kappa shape index (κ2) is 7.88. The summed E-state index contributed by atoms with van der Waals surface area (Å²) in [5.74, 6) is 2.52. The summed E-state index contributed by atoms with van der Waals surface area (Å²) in [6.07, 6.45) is 7.21. The van der Waals surface area contributed by atoms with Gasteiger partial charge in [0, 0.05) is 54.1 Å². The van der Waals surface area contributed by atoms with Crippen LogP contribution in [0.25, 0.3) is 33.5 Å². The molecule has 8 heteroatoms. The first-order chi connectivity index (χ1) is 15.8. The Morgan fingerprint density at radius 1 is 0.969 bits per heavy atom. The van der Waals surface area contributed by atoms with Crippen molar-refractivity contribution in [3.05, 3.63) is 73.0 Å². The predicted octanol–water partition coefficient (Wildman–Crippen LogP) is 4.45. The Hall–Kier alpha value is -4.07. The molecule has 1 aliphatic heterocycles. The zero-order chi connectivity index (χ0) is 21.3. The van der Waals surface area contributed by atoms with Gasteiger partial charge in [-0.25, -0.2) is 4.98 Å². The molecule has 0 amide bonds. The van der Waals surface area contributed by atoms with E-state index in [1.54, 1.807) is 12.4 Å². The van der Waals surface area contributed by atoms with Crippen LogP contribution in [0.15, 0.2) is 71.6 Å². The number of nitrogens with one attached hydrogen (secondary N) is 1. The van der Waals surface area contributed by atoms with Crippen molar-refractivity contribution < 1.29 is 4.52 Å². The number of rotatable bonds is 4. The van der Waals surface area contributed by atoms with Gasteiger partial charge in [0.25, 0.3) is 0 Å². The van der Waals surface area contributed by atoms with E-state index < -0.39 is 0 Å². The number of nitrogens with zero attached hydrogens (tertiary/aromatic N) is 6. The molecule has 0 aliphatic carbocycles. The number of hydrogen-bond donors (Lipinski definition) is 1. The van der Waals surface area contributed by atoms with Gasteiger partial charge in [-0.15, -0.1) is 0 Å². The SMILES string of the molecule is c1cncc(-c2noc(C3CCN(c4cc(-c5n[nH]c6ccccc56)ccn4)CC3)n2)c1. The zero-order valence-corrected chi connectivity index (χ0v) is 17.3. The van der Waals surface area contributed by atoms with Gasteiger partial charge in [-0.05, 0) is 43.2 Å². The standard InChI is InChI=1S/C24H21N7O/c1-2-6-20-19(5-1)22(29-28-20)17-7-11-26-21(14-17)31-12-8-16(9-13-31)24-27-23(30-32-24)18-4-3-10-25-15-18/h1-7,10-11,14-16H,8-9,12-13H2,(H,28,29). The van der Waals surface area contributed by atoms with E-state index in [0.29, 0.717) is 11.7 Å². The lowest BCUT2D eigenvalue weighted by Gasteiger charge is -2.31. The summed E-state index contributed by atoms with van der Waals surface area (Å²) in [5.41, 5.74) is 3.92. The highest BCUT2D eigenvalue weighted by atomic mass is 16.5. The van der Waals surface area contributed by atoms with Crippen molar-refractivity contribution in [2.75, 3.05) is 18.0 Å². The molecule has 8 nitrogen and oxygen atoms in total. The van der Waals surface area contributed by atoms with Crippen molar-refractivity contribution in [3.8, 4) is 22.6 Å². The highest BCUT2D eigenvalue weighted by Crippen LogP contribution is 2.32. The third-order valence-corrected chi connectivity index (χ3v) is 6.02. The number of pyridine rings is 2. The fourth-order valence-corrected chi connectivity index (χ4v) is 4.29. The Labute approximate surface area is 184 Å². The molecule has 1 saturated heterocycles. The van der Waals surface area contributed by atoms with Crippen molar-refractivity contribution in [1.82, 2.24) is 30.3 Å². The second-order valence-electron chi connectivity index (χ2n) is 7.98. The number of piperidine rings is 1. The van der Waals surface area contributed by atoms with Gasteiger partial charge >= 0.3 is 0 Å². The van der Waals surface area contributed by atoms with Gasteiger partial charge in [0.15, 0.2) is 0 Å². The van der Waals surface area contributed by atoms with Gasteiger partial charge in [-0.2, -0.15) is 10.1 Å². The highest BCUT2D eigenvalue weighted by Gasteiger charge is 2.26. The van der Waals surface area contributed by atoms with Crippen molar-refractivity contribution in [1.29, 1.82) is 0 Å². The first-order valence-corrected chi connectivity index (χ1v) is 10.7. The van der Waals surface area contributed by atoms with Gasteiger partial charge in [-0.1, -0.05) is 23.4 Å². The van der Waals surface area contributed by atoms with E-state index in [-0.39, 0.29) is 5.92 Å². The number of fused-ring (bicyclic) bond motifs is 1. The first kappa shape index (κ1) is 18.7. The Kier molecular flexibility index (Phi) is 4.60. The van der Waals surface area contributed by atoms with Crippen molar-refractivity contribution in [3.63, 3.8) is 0 Å². The summed E-state index contributed by atoms with van der Waals surface area (Å²) < 4.78 is 5.57. The van der Waals surface area contributed by atoms with E-state index >= 15 is 0 Å². The fourth-order valence-electron chi connectivity index (χ4n) is 4.29. The van der Waals surface area contributed by atoms with Gasteiger partial charge in [0.2, 0.25) is 11.7 Å². The van der Waals surface area contributed by atoms with E-state index in [1.807, 2.05) is 42.6 Å². The molecule has 158 valence electrons. The van der Waals surface area contributed by atoms with Crippen molar-refractivity contribution >= 4 is 16.7 Å². The molecular formula is C24H21N7O. The van der Waals surface area contributed by atoms with Crippen LogP contribution in [0.2, 0.25) is 0 Å². The molecule has 1 N–H and O–H groups in total. The summed E-state index contributed by atoms with van der Waals surface area (Å²) in [6, 6.07) is 16.1. The first-order valence-electron chi connectivity index (χ1n) is 10.7. The average molecular weight is 423 g/mol. The average Bonchev–Trinajstić information content (AvgIpc) is 3.53. The topological polar surface area (TPSA) is 96.6 Å². The molecule has 0 atom stereocenters. The molecule has 0 saturated carbocycles. The Bertz CT molecular complexity index is 1350. The van der Waals surface area contributed by atoms with Crippen LogP contribution in [0.1, 0.15) is 24.7 Å². The minimum Gasteiger partial charge on any atom is -0.357 e. The largest absolute Gasteiger partial charge is 0.357 e. The third-order valence-electron chi connectivity index (χ3n) is 6.02. The maximum absolute atomic E-state index is 5.57. The second-order valence-corrected chi connectivity index (χ2v) is 7.98. The maximum Gasteiger partial charge on any atom is 0.230 e. The molecule has 0 radical (unpaired) electrons. The number of hydrogen-bond acceptors (Lipinski definition) is 7. The van der Waals surface area contributed by atoms with Crippen LogP contribution in [-0.2, 0) is 0 Å². The molecule has 4 aromatic heterocycles. The number of para-hydroxylation sites is 1. The van der Waals surface area contributed by atoms with Gasteiger partial charge < -0.3 is 9.42 Å². The fraction of sp³-hybridized carbons (Fsp3) is 0.208. The highest BCUT2D eigenvalue weighted by molar-refractivity contribution is 5.93. The monoisotopic (exact) mass is 423 g/mol. The third kappa shape index (κ3) is 3.39. The number of H-pyrrole nitrogens is 1. The summed E-state index contributed by atoms with van der Waals surface area (Å²) in [7, 11) is 0. The molecule has 0 bridgehead atoms. The van der Waals surface area contributed by atoms with Crippen LogP contribution in [-0.4, -0.2) is 43.4 Å². The van der Waals surface area contributed by atoms with Crippen LogP contribution in [0.3, 0.4) is 0 Å². The lowest BCUT2D eigenvalue weighted by atomic mass is 9.96. The van der Waals surface area contributed by atoms with Crippen LogP contribution in [0, 0.1) is 0 Å². The molecule has 5 heterocycles. The van der Waals surface area contributed by atoms with Crippen LogP contribution < -0.4 is 4.90 Å². The maximum atomic E-state index is 5.57. The van der Waals surface area contributed by atoms with E-state index in [2.05, 4.69) is 47.3 Å². The Balaban J connectivity index is 1.18. The number of aromatic amines is 1. The van der Waals surface area contributed by atoms with E-state index in [1.165, 1.54) is 0 Å². The van der Waals surface area contributed by atoms with Crippen LogP contribution in [0.4, 0.5) is 5.82 Å². The molecule has 0 unspecified atom stereocenters. The van der Waals surface area contributed by atoms with Crippen LogP contribution >= 0.6 is 0 Å².